The van der Waals surface area contributed by atoms with Crippen molar-refractivity contribution in [3.8, 4) is 0 Å². The van der Waals surface area contributed by atoms with Crippen LogP contribution in [0.25, 0.3) is 11.1 Å². The normalized spacial score (nSPS) is 14.0. The average molecular weight is 811 g/mol. The van der Waals surface area contributed by atoms with Crippen LogP contribution in [-0.4, -0.2) is 34.2 Å². The molecule has 266 valence electrons. The summed E-state index contributed by atoms with van der Waals surface area (Å²) in [6.07, 6.45) is 3.70. The zero-order chi connectivity index (χ0) is 37.6. The second-order valence-electron chi connectivity index (χ2n) is 13.2. The number of aryl methyl sites for hydroxylation is 2. The van der Waals surface area contributed by atoms with Gasteiger partial charge in [0.05, 0.1) is 35.7 Å². The van der Waals surface area contributed by atoms with E-state index in [2.05, 4.69) is 0 Å². The first-order valence-electron chi connectivity index (χ1n) is 16.3. The van der Waals surface area contributed by atoms with Gasteiger partial charge in [0.2, 0.25) is 0 Å². The van der Waals surface area contributed by atoms with Gasteiger partial charge in [-0.25, -0.2) is 4.79 Å². The summed E-state index contributed by atoms with van der Waals surface area (Å²) in [6.45, 7) is 4.02. The van der Waals surface area contributed by atoms with Gasteiger partial charge in [0, 0.05) is 56.3 Å². The maximum atomic E-state index is 14.1. The molecule has 5 aromatic carbocycles. The minimum absolute atomic E-state index is 0.00735. The highest BCUT2D eigenvalue weighted by molar-refractivity contribution is 6.53. The van der Waals surface area contributed by atoms with Crippen LogP contribution >= 0.6 is 69.6 Å². The second-order valence-corrected chi connectivity index (χ2v) is 15.5. The number of carbonyl (C=O) groups excluding carboxylic acids is 1. The number of esters is 1. The summed E-state index contributed by atoms with van der Waals surface area (Å²) in [4.78, 5) is 18.0. The monoisotopic (exact) mass is 808 g/mol. The van der Waals surface area contributed by atoms with E-state index in [0.29, 0.717) is 32.3 Å². The smallest absolute Gasteiger partial charge is 0.341 e. The number of anilines is 2. The molecule has 0 radical (unpaired) electrons. The fourth-order valence-electron chi connectivity index (χ4n) is 6.22. The van der Waals surface area contributed by atoms with E-state index in [1.165, 1.54) is 0 Å². The molecule has 0 atom stereocenters. The molecule has 4 nitrogen and oxygen atoms in total. The summed E-state index contributed by atoms with van der Waals surface area (Å²) in [5, 5.41) is 0.887. The number of hydrogen-bond donors (Lipinski definition) is 0. The van der Waals surface area contributed by atoms with Crippen LogP contribution in [0.3, 0.4) is 0 Å². The maximum Gasteiger partial charge on any atom is 0.341 e. The van der Waals surface area contributed by atoms with Crippen molar-refractivity contribution in [2.45, 2.75) is 19.4 Å². The molecule has 0 bridgehead atoms. The summed E-state index contributed by atoms with van der Waals surface area (Å²) in [6, 6.07) is 27.6. The van der Waals surface area contributed by atoms with Crippen LogP contribution in [0, 0.1) is 13.8 Å². The zero-order valence-corrected chi connectivity index (χ0v) is 33.8. The molecule has 0 amide bonds. The van der Waals surface area contributed by atoms with E-state index in [1.54, 1.807) is 0 Å². The fraction of sp³-hybridized carbons (Fsp3) is 0.167. The van der Waals surface area contributed by atoms with Gasteiger partial charge in [-0.3, -0.25) is 0 Å². The summed E-state index contributed by atoms with van der Waals surface area (Å²) < 4.78 is 6.51. The van der Waals surface area contributed by atoms with Crippen molar-refractivity contribution < 1.29 is 9.53 Å². The van der Waals surface area contributed by atoms with E-state index >= 15 is 0 Å². The Balaban J connectivity index is 1.78. The van der Waals surface area contributed by atoms with E-state index in [1.807, 2.05) is 149 Å². The lowest BCUT2D eigenvalue weighted by molar-refractivity contribution is 0.0300. The lowest BCUT2D eigenvalue weighted by Gasteiger charge is -2.28. The maximum absolute atomic E-state index is 14.1. The minimum atomic E-state index is -1.70. The summed E-state index contributed by atoms with van der Waals surface area (Å²) in [5.41, 5.74) is 6.89. The number of rotatable bonds is 8. The Kier molecular flexibility index (Phi) is 11.0. The lowest BCUT2D eigenvalue weighted by Crippen LogP contribution is -2.23. The predicted molar refractivity (Wildman–Crippen MR) is 222 cm³/mol. The first-order valence-corrected chi connectivity index (χ1v) is 18.5. The Labute approximate surface area is 334 Å². The van der Waals surface area contributed by atoms with Gasteiger partial charge in [0.15, 0.2) is 5.60 Å². The van der Waals surface area contributed by atoms with Gasteiger partial charge in [-0.15, -0.1) is 0 Å². The molecule has 0 fully saturated rings. The highest BCUT2D eigenvalue weighted by Gasteiger charge is 2.48. The van der Waals surface area contributed by atoms with Gasteiger partial charge in [0.1, 0.15) is 0 Å². The molecule has 10 heteroatoms. The number of fused-ring (bicyclic) bond motifs is 1. The van der Waals surface area contributed by atoms with E-state index in [-0.39, 0.29) is 31.2 Å². The van der Waals surface area contributed by atoms with Crippen LogP contribution in [0.4, 0.5) is 11.4 Å². The molecule has 52 heavy (non-hydrogen) atoms. The molecule has 0 aromatic heterocycles. The van der Waals surface area contributed by atoms with Gasteiger partial charge in [-0.1, -0.05) is 141 Å². The zero-order valence-electron chi connectivity index (χ0n) is 29.2. The van der Waals surface area contributed by atoms with Crippen LogP contribution in [-0.2, 0) is 10.3 Å². The Hall–Kier alpha value is -3.61. The van der Waals surface area contributed by atoms with Crippen LogP contribution in [0.1, 0.15) is 49.3 Å². The molecule has 0 unspecified atom stereocenters. The summed E-state index contributed by atoms with van der Waals surface area (Å²) in [7, 11) is 7.78. The first-order chi connectivity index (χ1) is 24.6. The van der Waals surface area contributed by atoms with Crippen molar-refractivity contribution in [2.24, 2.45) is 0 Å². The number of ether oxygens (including phenoxy) is 1. The Morgan fingerprint density at radius 1 is 0.577 bits per heavy atom. The number of benzene rings is 5. The molecule has 0 saturated carbocycles. The van der Waals surface area contributed by atoms with E-state index < -0.39 is 11.6 Å². The van der Waals surface area contributed by atoms with Gasteiger partial charge in [-0.2, -0.15) is 0 Å². The molecular weight excluding hydrogens is 777 g/mol. The highest BCUT2D eigenvalue weighted by Crippen LogP contribution is 2.54. The number of cyclic esters (lactones) is 1. The second kappa shape index (κ2) is 15.0. The predicted octanol–water partition coefficient (Wildman–Crippen LogP) is 13.0. The van der Waals surface area contributed by atoms with Gasteiger partial charge < -0.3 is 14.5 Å². The van der Waals surface area contributed by atoms with E-state index in [0.717, 1.165) is 33.6 Å². The molecule has 1 aliphatic heterocycles. The third-order valence-corrected chi connectivity index (χ3v) is 11.5. The standard InChI is InChI=1S/C42H34Cl6N2O2/c1-23-7-11-25(12-8-23)31(29-17-15-27(49(3)4)19-33(29)43)21-42(36-35(41(51)52-42)37(45)39(47)40(48)38(36)46)22-32(26-13-9-24(2)10-14-26)30-18-16-28(50(5)6)20-34(30)44/h7-22H,1-6H3/b31-21+,32-22+. The third kappa shape index (κ3) is 7.18. The number of carbonyl (C=O) groups is 1. The van der Waals surface area contributed by atoms with E-state index in [9.17, 15) is 4.79 Å². The van der Waals surface area contributed by atoms with Gasteiger partial charge in [0.25, 0.3) is 0 Å². The van der Waals surface area contributed by atoms with E-state index in [4.69, 9.17) is 74.3 Å². The number of hydrogen-bond acceptors (Lipinski definition) is 4. The van der Waals surface area contributed by atoms with Crippen molar-refractivity contribution in [2.75, 3.05) is 38.0 Å². The largest absolute Gasteiger partial charge is 0.442 e. The van der Waals surface area contributed by atoms with Crippen LogP contribution in [0.5, 0.6) is 0 Å². The topological polar surface area (TPSA) is 32.8 Å². The van der Waals surface area contributed by atoms with Crippen molar-refractivity contribution in [3.63, 3.8) is 0 Å². The molecular formula is C42H34Cl6N2O2. The molecule has 1 heterocycles. The molecule has 0 aliphatic carbocycles. The Morgan fingerprint density at radius 2 is 0.981 bits per heavy atom. The number of halogens is 6. The molecule has 6 rings (SSSR count). The molecule has 1 aliphatic rings. The summed E-state index contributed by atoms with van der Waals surface area (Å²) >= 11 is 41.4. The molecule has 0 saturated heterocycles. The lowest BCUT2D eigenvalue weighted by atomic mass is 9.82. The van der Waals surface area contributed by atoms with Crippen LogP contribution in [0.2, 0.25) is 30.1 Å². The van der Waals surface area contributed by atoms with Crippen LogP contribution < -0.4 is 9.80 Å². The minimum Gasteiger partial charge on any atom is -0.442 e. The highest BCUT2D eigenvalue weighted by atomic mass is 35.5. The van der Waals surface area contributed by atoms with Crippen molar-refractivity contribution in [1.82, 2.24) is 0 Å². The molecule has 0 N–H and O–H groups in total. The summed E-state index contributed by atoms with van der Waals surface area (Å²) in [5.74, 6) is -0.720. The SMILES string of the molecule is Cc1ccc(/C(=C\C2(/C=C(\c3ccc(C)cc3)c3ccc(N(C)C)cc3Cl)OC(=O)c3c(Cl)c(Cl)c(Cl)c(Cl)c32)c2ccc(N(C)C)cc2Cl)cc1. The quantitative estimate of drug-likeness (QED) is 0.0888. The number of nitrogens with zero attached hydrogens (tertiary/aromatic N) is 2. The fourth-order valence-corrected chi connectivity index (χ4v) is 7.85. The Morgan fingerprint density at radius 3 is 1.37 bits per heavy atom. The average Bonchev–Trinajstić information content (AvgIpc) is 3.40. The Bertz CT molecular complexity index is 2160. The first kappa shape index (κ1) is 38.1. The van der Waals surface area contributed by atoms with Gasteiger partial charge in [-0.05, 0) is 72.5 Å². The third-order valence-electron chi connectivity index (χ3n) is 9.08. The molecule has 0 spiro atoms. The van der Waals surface area contributed by atoms with Crippen molar-refractivity contribution >= 4 is 98.1 Å². The van der Waals surface area contributed by atoms with Crippen molar-refractivity contribution in [1.29, 1.82) is 0 Å². The van der Waals surface area contributed by atoms with Gasteiger partial charge >= 0.3 is 5.97 Å². The molecule has 5 aromatic rings. The van der Waals surface area contributed by atoms with Crippen molar-refractivity contribution in [3.05, 3.63) is 172 Å². The van der Waals surface area contributed by atoms with Crippen LogP contribution in [0.15, 0.2) is 97.1 Å².